The predicted octanol–water partition coefficient (Wildman–Crippen LogP) is 2.63. The summed E-state index contributed by atoms with van der Waals surface area (Å²) in [4.78, 5) is 11.7. The summed E-state index contributed by atoms with van der Waals surface area (Å²) >= 11 is 5.95. The first kappa shape index (κ1) is 15.6. The van der Waals surface area contributed by atoms with E-state index in [-0.39, 0.29) is 12.1 Å². The quantitative estimate of drug-likeness (QED) is 0.753. The molecule has 1 rings (SSSR count). The standard InChI is InChI=1S/C13H19ClN2O3/c1-3-9(17)7-8-15-13(18)16-11-6-4-5-10(14)12(11)19-2/h4-6,9,17H,3,7-8H2,1-2H3,(H2,15,16,18). The zero-order valence-electron chi connectivity index (χ0n) is 11.1. The minimum Gasteiger partial charge on any atom is -0.493 e. The van der Waals surface area contributed by atoms with Crippen molar-refractivity contribution in [2.45, 2.75) is 25.9 Å². The topological polar surface area (TPSA) is 70.6 Å². The fraction of sp³-hybridized carbons (Fsp3) is 0.462. The molecule has 0 aliphatic rings. The molecular weight excluding hydrogens is 268 g/mol. The second kappa shape index (κ2) is 7.86. The Balaban J connectivity index is 2.51. The Kier molecular flexibility index (Phi) is 6.45. The van der Waals surface area contributed by atoms with Gasteiger partial charge in [-0.1, -0.05) is 24.6 Å². The minimum atomic E-state index is -0.388. The molecule has 1 atom stereocenters. The number of aliphatic hydroxyl groups excluding tert-OH is 1. The van der Waals surface area contributed by atoms with Gasteiger partial charge in [0.1, 0.15) is 0 Å². The van der Waals surface area contributed by atoms with E-state index in [0.29, 0.717) is 35.8 Å². The Morgan fingerprint density at radius 3 is 2.89 bits per heavy atom. The monoisotopic (exact) mass is 286 g/mol. The summed E-state index contributed by atoms with van der Waals surface area (Å²) in [5, 5.41) is 15.1. The molecule has 3 N–H and O–H groups in total. The van der Waals surface area contributed by atoms with Gasteiger partial charge in [0.05, 0.1) is 23.9 Å². The molecule has 0 fully saturated rings. The van der Waals surface area contributed by atoms with Gasteiger partial charge >= 0.3 is 6.03 Å². The van der Waals surface area contributed by atoms with Crippen molar-refractivity contribution in [1.82, 2.24) is 5.32 Å². The fourth-order valence-electron chi connectivity index (χ4n) is 1.54. The SMILES string of the molecule is CCC(O)CCNC(=O)Nc1cccc(Cl)c1OC. The summed E-state index contributed by atoms with van der Waals surface area (Å²) in [6, 6.07) is 4.75. The Bertz CT molecular complexity index is 426. The van der Waals surface area contributed by atoms with E-state index in [1.54, 1.807) is 18.2 Å². The lowest BCUT2D eigenvalue weighted by Crippen LogP contribution is -2.31. The summed E-state index contributed by atoms with van der Waals surface area (Å²) in [6.45, 7) is 2.30. The van der Waals surface area contributed by atoms with Gasteiger partial charge < -0.3 is 20.5 Å². The highest BCUT2D eigenvalue weighted by atomic mass is 35.5. The van der Waals surface area contributed by atoms with Crippen molar-refractivity contribution in [2.75, 3.05) is 19.0 Å². The maximum atomic E-state index is 11.7. The number of hydrogen-bond donors (Lipinski definition) is 3. The second-order valence-corrected chi connectivity index (χ2v) is 4.46. The van der Waals surface area contributed by atoms with Crippen LogP contribution in [0, 0.1) is 0 Å². The van der Waals surface area contributed by atoms with Gasteiger partial charge in [0.25, 0.3) is 0 Å². The molecule has 2 amide bonds. The van der Waals surface area contributed by atoms with Gasteiger partial charge in [0.2, 0.25) is 0 Å². The number of rotatable bonds is 6. The molecular formula is C13H19ClN2O3. The maximum Gasteiger partial charge on any atom is 0.319 e. The van der Waals surface area contributed by atoms with E-state index in [1.165, 1.54) is 7.11 Å². The average molecular weight is 287 g/mol. The zero-order valence-corrected chi connectivity index (χ0v) is 11.8. The van der Waals surface area contributed by atoms with Crippen LogP contribution in [0.2, 0.25) is 5.02 Å². The lowest BCUT2D eigenvalue weighted by Gasteiger charge is -2.13. The van der Waals surface area contributed by atoms with Gasteiger partial charge in [0.15, 0.2) is 5.75 Å². The van der Waals surface area contributed by atoms with Crippen LogP contribution >= 0.6 is 11.6 Å². The third-order valence-electron chi connectivity index (χ3n) is 2.65. The number of carbonyl (C=O) groups is 1. The number of methoxy groups -OCH3 is 1. The summed E-state index contributed by atoms with van der Waals surface area (Å²) in [6.07, 6.45) is 0.808. The minimum absolute atomic E-state index is 0.358. The first-order chi connectivity index (χ1) is 9.08. The smallest absolute Gasteiger partial charge is 0.319 e. The van der Waals surface area contributed by atoms with Crippen molar-refractivity contribution >= 4 is 23.3 Å². The van der Waals surface area contributed by atoms with Crippen LogP contribution in [-0.4, -0.2) is 30.9 Å². The van der Waals surface area contributed by atoms with Gasteiger partial charge in [-0.15, -0.1) is 0 Å². The first-order valence-electron chi connectivity index (χ1n) is 6.13. The van der Waals surface area contributed by atoms with Crippen LogP contribution in [0.3, 0.4) is 0 Å². The van der Waals surface area contributed by atoms with Gasteiger partial charge in [-0.05, 0) is 25.0 Å². The summed E-state index contributed by atoms with van der Waals surface area (Å²) in [5.41, 5.74) is 0.503. The summed E-state index contributed by atoms with van der Waals surface area (Å²) < 4.78 is 5.12. The van der Waals surface area contributed by atoms with Gasteiger partial charge in [-0.25, -0.2) is 4.79 Å². The number of aliphatic hydroxyl groups is 1. The number of carbonyl (C=O) groups excluding carboxylic acids is 1. The number of hydrogen-bond acceptors (Lipinski definition) is 3. The van der Waals surface area contributed by atoms with E-state index in [9.17, 15) is 9.90 Å². The van der Waals surface area contributed by atoms with Crippen molar-refractivity contribution < 1.29 is 14.6 Å². The van der Waals surface area contributed by atoms with Crippen LogP contribution < -0.4 is 15.4 Å². The molecule has 0 heterocycles. The molecule has 0 aromatic heterocycles. The van der Waals surface area contributed by atoms with Crippen LogP contribution in [0.25, 0.3) is 0 Å². The van der Waals surface area contributed by atoms with Gasteiger partial charge in [-0.2, -0.15) is 0 Å². The van der Waals surface area contributed by atoms with Crippen LogP contribution in [0.15, 0.2) is 18.2 Å². The highest BCUT2D eigenvalue weighted by Gasteiger charge is 2.10. The van der Waals surface area contributed by atoms with Crippen molar-refractivity contribution in [1.29, 1.82) is 0 Å². The molecule has 106 valence electrons. The van der Waals surface area contributed by atoms with Crippen molar-refractivity contribution in [3.8, 4) is 5.75 Å². The molecule has 6 heteroatoms. The Labute approximate surface area is 117 Å². The van der Waals surface area contributed by atoms with Gasteiger partial charge in [0, 0.05) is 6.54 Å². The molecule has 1 aromatic rings. The number of para-hydroxylation sites is 1. The number of amides is 2. The third kappa shape index (κ3) is 4.96. The molecule has 0 spiro atoms. The summed E-state index contributed by atoms with van der Waals surface area (Å²) in [7, 11) is 1.49. The molecule has 0 bridgehead atoms. The van der Waals surface area contributed by atoms with E-state index >= 15 is 0 Å². The Morgan fingerprint density at radius 2 is 2.26 bits per heavy atom. The highest BCUT2D eigenvalue weighted by Crippen LogP contribution is 2.32. The van der Waals surface area contributed by atoms with E-state index in [0.717, 1.165) is 0 Å². The Hall–Kier alpha value is -1.46. The van der Waals surface area contributed by atoms with Crippen LogP contribution in [-0.2, 0) is 0 Å². The maximum absolute atomic E-state index is 11.7. The number of nitrogens with one attached hydrogen (secondary N) is 2. The van der Waals surface area contributed by atoms with Crippen LogP contribution in [0.1, 0.15) is 19.8 Å². The van der Waals surface area contributed by atoms with E-state index in [2.05, 4.69) is 10.6 Å². The van der Waals surface area contributed by atoms with Crippen LogP contribution in [0.5, 0.6) is 5.75 Å². The van der Waals surface area contributed by atoms with Crippen molar-refractivity contribution in [3.63, 3.8) is 0 Å². The van der Waals surface area contributed by atoms with Crippen molar-refractivity contribution in [2.24, 2.45) is 0 Å². The van der Waals surface area contributed by atoms with E-state index < -0.39 is 0 Å². The molecule has 5 nitrogen and oxygen atoms in total. The molecule has 1 aromatic carbocycles. The number of urea groups is 1. The molecule has 19 heavy (non-hydrogen) atoms. The van der Waals surface area contributed by atoms with E-state index in [1.807, 2.05) is 6.92 Å². The van der Waals surface area contributed by atoms with Crippen LogP contribution in [0.4, 0.5) is 10.5 Å². The number of anilines is 1. The lowest BCUT2D eigenvalue weighted by atomic mass is 10.2. The number of benzene rings is 1. The molecule has 0 aliphatic carbocycles. The molecule has 0 saturated heterocycles. The predicted molar refractivity (Wildman–Crippen MR) is 75.9 cm³/mol. The summed E-state index contributed by atoms with van der Waals surface area (Å²) in [5.74, 6) is 0.424. The largest absolute Gasteiger partial charge is 0.493 e. The average Bonchev–Trinajstić information content (AvgIpc) is 2.38. The third-order valence-corrected chi connectivity index (χ3v) is 2.95. The fourth-order valence-corrected chi connectivity index (χ4v) is 1.79. The molecule has 0 aliphatic heterocycles. The molecule has 1 unspecified atom stereocenters. The molecule has 0 radical (unpaired) electrons. The number of halogens is 1. The highest BCUT2D eigenvalue weighted by molar-refractivity contribution is 6.32. The van der Waals surface area contributed by atoms with E-state index in [4.69, 9.17) is 16.3 Å². The Morgan fingerprint density at radius 1 is 1.53 bits per heavy atom. The van der Waals surface area contributed by atoms with Crippen molar-refractivity contribution in [3.05, 3.63) is 23.2 Å². The lowest BCUT2D eigenvalue weighted by molar-refractivity contribution is 0.160. The normalized spacial score (nSPS) is 11.8. The first-order valence-corrected chi connectivity index (χ1v) is 6.51. The molecule has 0 saturated carbocycles. The number of ether oxygens (including phenoxy) is 1. The zero-order chi connectivity index (χ0) is 14.3. The van der Waals surface area contributed by atoms with Gasteiger partial charge in [-0.3, -0.25) is 0 Å². The second-order valence-electron chi connectivity index (χ2n) is 4.05.